The zero-order chi connectivity index (χ0) is 12.7. The number of nitrogens with zero attached hydrogens (tertiary/aromatic N) is 1. The summed E-state index contributed by atoms with van der Waals surface area (Å²) in [5.41, 5.74) is 0.478. The highest BCUT2D eigenvalue weighted by molar-refractivity contribution is 6.29. The number of hydrogen-bond acceptors (Lipinski definition) is 4. The molecule has 6 heteroatoms. The second-order valence-electron chi connectivity index (χ2n) is 3.27. The number of carbonyl (C=O) groups is 1. The highest BCUT2D eigenvalue weighted by Gasteiger charge is 2.08. The quantitative estimate of drug-likeness (QED) is 0.600. The van der Waals surface area contributed by atoms with Gasteiger partial charge in [-0.25, -0.2) is 4.98 Å². The molecule has 0 radical (unpaired) electrons. The molecule has 0 unspecified atom stereocenters. The van der Waals surface area contributed by atoms with Crippen LogP contribution in [0, 0.1) is 0 Å². The van der Waals surface area contributed by atoms with E-state index in [0.29, 0.717) is 31.1 Å². The van der Waals surface area contributed by atoms with Crippen LogP contribution in [0.4, 0.5) is 5.82 Å². The highest BCUT2D eigenvalue weighted by Crippen LogP contribution is 2.13. The summed E-state index contributed by atoms with van der Waals surface area (Å²) in [4.78, 5) is 15.7. The first kappa shape index (κ1) is 13.7. The van der Waals surface area contributed by atoms with Gasteiger partial charge in [0.05, 0.1) is 6.61 Å². The third-order valence-electron chi connectivity index (χ3n) is 2.05. The lowest BCUT2D eigenvalue weighted by Gasteiger charge is -2.07. The van der Waals surface area contributed by atoms with Crippen molar-refractivity contribution in [2.75, 3.05) is 32.1 Å². The van der Waals surface area contributed by atoms with Crippen LogP contribution in [0.15, 0.2) is 12.1 Å². The molecule has 0 saturated carbocycles. The molecule has 2 N–H and O–H groups in total. The molecular weight excluding hydrogens is 242 g/mol. The van der Waals surface area contributed by atoms with Crippen molar-refractivity contribution in [3.8, 4) is 0 Å². The molecule has 94 valence electrons. The molecule has 5 nitrogen and oxygen atoms in total. The minimum atomic E-state index is -0.189. The number of aromatic nitrogens is 1. The minimum Gasteiger partial charge on any atom is -0.380 e. The topological polar surface area (TPSA) is 63.2 Å². The predicted octanol–water partition coefficient (Wildman–Crippen LogP) is 1.54. The monoisotopic (exact) mass is 257 g/mol. The maximum absolute atomic E-state index is 11.7. The molecule has 0 atom stereocenters. The third-order valence-corrected chi connectivity index (χ3v) is 2.24. The maximum Gasteiger partial charge on any atom is 0.251 e. The molecule has 1 aromatic rings. The van der Waals surface area contributed by atoms with Crippen LogP contribution >= 0.6 is 11.6 Å². The molecule has 1 amide bonds. The smallest absolute Gasteiger partial charge is 0.251 e. The van der Waals surface area contributed by atoms with E-state index < -0.39 is 0 Å². The van der Waals surface area contributed by atoms with Crippen molar-refractivity contribution >= 4 is 23.3 Å². The number of carbonyl (C=O) groups excluding carboxylic acids is 1. The van der Waals surface area contributed by atoms with Gasteiger partial charge in [-0.1, -0.05) is 11.6 Å². The van der Waals surface area contributed by atoms with Gasteiger partial charge in [0, 0.05) is 25.8 Å². The molecule has 0 aliphatic rings. The second kappa shape index (κ2) is 7.09. The van der Waals surface area contributed by atoms with Crippen LogP contribution in [-0.2, 0) is 4.74 Å². The number of halogens is 1. The third kappa shape index (κ3) is 4.58. The predicted molar refractivity (Wildman–Crippen MR) is 67.6 cm³/mol. The lowest BCUT2D eigenvalue weighted by molar-refractivity contribution is 0.0922. The molecule has 17 heavy (non-hydrogen) atoms. The van der Waals surface area contributed by atoms with Gasteiger partial charge in [-0.3, -0.25) is 4.79 Å². The van der Waals surface area contributed by atoms with Gasteiger partial charge in [0.2, 0.25) is 0 Å². The Kier molecular flexibility index (Phi) is 5.72. The summed E-state index contributed by atoms with van der Waals surface area (Å²) < 4.78 is 5.12. The van der Waals surface area contributed by atoms with Gasteiger partial charge >= 0.3 is 0 Å². The van der Waals surface area contributed by atoms with Crippen LogP contribution in [0.3, 0.4) is 0 Å². The molecule has 0 bridgehead atoms. The molecule has 0 spiro atoms. The van der Waals surface area contributed by atoms with E-state index in [1.54, 1.807) is 13.1 Å². The second-order valence-corrected chi connectivity index (χ2v) is 3.65. The number of ether oxygens (including phenoxy) is 1. The van der Waals surface area contributed by atoms with E-state index in [2.05, 4.69) is 15.6 Å². The van der Waals surface area contributed by atoms with E-state index in [4.69, 9.17) is 16.3 Å². The van der Waals surface area contributed by atoms with E-state index in [1.165, 1.54) is 6.07 Å². The molecule has 0 saturated heterocycles. The van der Waals surface area contributed by atoms with Crippen LogP contribution in [0.1, 0.15) is 17.3 Å². The fourth-order valence-corrected chi connectivity index (χ4v) is 1.45. The molecule has 0 aliphatic carbocycles. The number of nitrogens with one attached hydrogen (secondary N) is 2. The van der Waals surface area contributed by atoms with Crippen LogP contribution < -0.4 is 10.6 Å². The Bertz CT molecular complexity index is 385. The average molecular weight is 258 g/mol. The van der Waals surface area contributed by atoms with E-state index in [9.17, 15) is 4.79 Å². The van der Waals surface area contributed by atoms with Gasteiger partial charge in [-0.05, 0) is 19.1 Å². The summed E-state index contributed by atoms with van der Waals surface area (Å²) in [5, 5.41) is 5.86. The first-order valence-corrected chi connectivity index (χ1v) is 5.76. The fraction of sp³-hybridized carbons (Fsp3) is 0.455. The minimum absolute atomic E-state index is 0.189. The number of pyridine rings is 1. The summed E-state index contributed by atoms with van der Waals surface area (Å²) in [6.07, 6.45) is 0. The molecule has 1 rings (SSSR count). The summed E-state index contributed by atoms with van der Waals surface area (Å²) in [6, 6.07) is 3.17. The Morgan fingerprint density at radius 2 is 2.29 bits per heavy atom. The summed E-state index contributed by atoms with van der Waals surface area (Å²) in [7, 11) is 1.72. The number of amides is 1. The van der Waals surface area contributed by atoms with Crippen molar-refractivity contribution in [3.05, 3.63) is 22.8 Å². The summed E-state index contributed by atoms with van der Waals surface area (Å²) in [5.74, 6) is 0.373. The van der Waals surface area contributed by atoms with Crippen molar-refractivity contribution in [1.29, 1.82) is 0 Å². The summed E-state index contributed by atoms with van der Waals surface area (Å²) in [6.45, 7) is 3.52. The molecule has 1 aromatic heterocycles. The Morgan fingerprint density at radius 3 is 2.94 bits per heavy atom. The number of anilines is 1. The first-order valence-electron chi connectivity index (χ1n) is 5.38. The normalized spacial score (nSPS) is 10.1. The molecular formula is C11H16ClN3O2. The number of rotatable bonds is 6. The van der Waals surface area contributed by atoms with Crippen LogP contribution in [0.5, 0.6) is 0 Å². The van der Waals surface area contributed by atoms with Gasteiger partial charge < -0.3 is 15.4 Å². The Hall–Kier alpha value is -1.33. The lowest BCUT2D eigenvalue weighted by Crippen LogP contribution is -2.27. The van der Waals surface area contributed by atoms with Crippen molar-refractivity contribution in [1.82, 2.24) is 10.3 Å². The van der Waals surface area contributed by atoms with Crippen molar-refractivity contribution in [2.24, 2.45) is 0 Å². The Balaban J connectivity index is 2.59. The average Bonchev–Trinajstić information content (AvgIpc) is 2.33. The molecule has 0 aromatic carbocycles. The largest absolute Gasteiger partial charge is 0.380 e. The highest BCUT2D eigenvalue weighted by atomic mass is 35.5. The maximum atomic E-state index is 11.7. The molecule has 0 fully saturated rings. The first-order chi connectivity index (χ1) is 8.17. The Labute approximate surface area is 106 Å². The SMILES string of the molecule is CCOCCNC(=O)c1cc(Cl)nc(NC)c1. The van der Waals surface area contributed by atoms with Crippen molar-refractivity contribution in [2.45, 2.75) is 6.92 Å². The standard InChI is InChI=1S/C11H16ClN3O2/c1-3-17-5-4-14-11(16)8-6-9(12)15-10(7-8)13-2/h6-7H,3-5H2,1-2H3,(H,13,15)(H,14,16). The van der Waals surface area contributed by atoms with E-state index in [-0.39, 0.29) is 11.1 Å². The molecule has 1 heterocycles. The van der Waals surface area contributed by atoms with E-state index >= 15 is 0 Å². The van der Waals surface area contributed by atoms with Gasteiger partial charge in [-0.15, -0.1) is 0 Å². The fourth-order valence-electron chi connectivity index (χ4n) is 1.24. The van der Waals surface area contributed by atoms with E-state index in [0.717, 1.165) is 0 Å². The van der Waals surface area contributed by atoms with Crippen LogP contribution in [0.25, 0.3) is 0 Å². The van der Waals surface area contributed by atoms with Crippen LogP contribution in [-0.4, -0.2) is 37.7 Å². The van der Waals surface area contributed by atoms with Gasteiger partial charge in [-0.2, -0.15) is 0 Å². The Morgan fingerprint density at radius 1 is 1.53 bits per heavy atom. The molecule has 0 aliphatic heterocycles. The van der Waals surface area contributed by atoms with Crippen molar-refractivity contribution < 1.29 is 9.53 Å². The van der Waals surface area contributed by atoms with Gasteiger partial charge in [0.25, 0.3) is 5.91 Å². The lowest BCUT2D eigenvalue weighted by atomic mass is 10.2. The zero-order valence-electron chi connectivity index (χ0n) is 9.92. The van der Waals surface area contributed by atoms with E-state index in [1.807, 2.05) is 6.92 Å². The van der Waals surface area contributed by atoms with Gasteiger partial charge in [0.15, 0.2) is 0 Å². The van der Waals surface area contributed by atoms with Crippen LogP contribution in [0.2, 0.25) is 5.15 Å². The van der Waals surface area contributed by atoms with Crippen molar-refractivity contribution in [3.63, 3.8) is 0 Å². The summed E-state index contributed by atoms with van der Waals surface area (Å²) >= 11 is 5.80. The zero-order valence-corrected chi connectivity index (χ0v) is 10.7. The van der Waals surface area contributed by atoms with Gasteiger partial charge in [0.1, 0.15) is 11.0 Å². The number of hydrogen-bond donors (Lipinski definition) is 2.